The minimum atomic E-state index is -0.0217. The first-order chi connectivity index (χ1) is 10.2. The zero-order chi connectivity index (χ0) is 15.0. The molecular weight excluding hydrogens is 262 g/mol. The molecule has 0 N–H and O–H groups in total. The van der Waals surface area contributed by atoms with Crippen LogP contribution in [0.2, 0.25) is 0 Å². The lowest BCUT2D eigenvalue weighted by molar-refractivity contribution is 0.0773. The number of nitrogens with zero attached hydrogens (tertiary/aromatic N) is 1. The highest BCUT2D eigenvalue weighted by molar-refractivity contribution is 6.22. The normalized spacial score (nSPS) is 12.0. The van der Waals surface area contributed by atoms with Crippen molar-refractivity contribution in [2.45, 2.75) is 13.8 Å². The smallest absolute Gasteiger partial charge is 0.253 e. The molecule has 0 spiro atoms. The van der Waals surface area contributed by atoms with Gasteiger partial charge >= 0.3 is 0 Å². The summed E-state index contributed by atoms with van der Waals surface area (Å²) >= 11 is 0. The first-order valence-electron chi connectivity index (χ1n) is 7.24. The molecule has 0 bridgehead atoms. The Morgan fingerprint density at radius 2 is 1.52 bits per heavy atom. The highest BCUT2D eigenvalue weighted by atomic mass is 16.2. The van der Waals surface area contributed by atoms with Crippen molar-refractivity contribution in [1.82, 2.24) is 4.90 Å². The molecule has 0 fully saturated rings. The second-order valence-electron chi connectivity index (χ2n) is 5.11. The molecule has 0 heterocycles. The second kappa shape index (κ2) is 5.17. The van der Waals surface area contributed by atoms with Crippen molar-refractivity contribution in [1.29, 1.82) is 0 Å². The number of ketones is 1. The molecule has 21 heavy (non-hydrogen) atoms. The van der Waals surface area contributed by atoms with E-state index in [-0.39, 0.29) is 11.7 Å². The van der Waals surface area contributed by atoms with E-state index < -0.39 is 0 Å². The van der Waals surface area contributed by atoms with Crippen molar-refractivity contribution in [3.63, 3.8) is 0 Å². The third-order valence-corrected chi connectivity index (χ3v) is 4.02. The monoisotopic (exact) mass is 279 g/mol. The van der Waals surface area contributed by atoms with E-state index in [1.165, 1.54) is 0 Å². The number of rotatable bonds is 3. The van der Waals surface area contributed by atoms with Crippen LogP contribution in [0.15, 0.2) is 42.5 Å². The number of hydrogen-bond donors (Lipinski definition) is 0. The molecule has 0 unspecified atom stereocenters. The molecule has 0 atom stereocenters. The van der Waals surface area contributed by atoms with Gasteiger partial charge in [-0.15, -0.1) is 0 Å². The zero-order valence-electron chi connectivity index (χ0n) is 12.2. The molecular formula is C18H17NO2. The highest BCUT2D eigenvalue weighted by Gasteiger charge is 2.27. The van der Waals surface area contributed by atoms with E-state index in [1.807, 2.05) is 50.2 Å². The van der Waals surface area contributed by atoms with Gasteiger partial charge in [0.15, 0.2) is 5.78 Å². The number of fused-ring (bicyclic) bond motifs is 3. The molecule has 2 aromatic rings. The molecule has 0 aliphatic heterocycles. The maximum atomic E-state index is 12.4. The van der Waals surface area contributed by atoms with Crippen molar-refractivity contribution < 1.29 is 9.59 Å². The van der Waals surface area contributed by atoms with Gasteiger partial charge in [-0.3, -0.25) is 9.59 Å². The lowest BCUT2D eigenvalue weighted by Gasteiger charge is -2.18. The average molecular weight is 279 g/mol. The molecule has 1 aliphatic rings. The maximum Gasteiger partial charge on any atom is 0.253 e. The Kier molecular flexibility index (Phi) is 3.34. The van der Waals surface area contributed by atoms with Crippen LogP contribution in [-0.4, -0.2) is 29.7 Å². The second-order valence-corrected chi connectivity index (χ2v) is 5.11. The van der Waals surface area contributed by atoms with Crippen molar-refractivity contribution in [2.75, 3.05) is 13.1 Å². The summed E-state index contributed by atoms with van der Waals surface area (Å²) < 4.78 is 0. The topological polar surface area (TPSA) is 37.4 Å². The molecule has 2 aromatic carbocycles. The predicted molar refractivity (Wildman–Crippen MR) is 82.6 cm³/mol. The molecule has 3 heteroatoms. The molecule has 0 aromatic heterocycles. The lowest BCUT2D eigenvalue weighted by Crippen LogP contribution is -2.30. The number of amides is 1. The first-order valence-corrected chi connectivity index (χ1v) is 7.24. The Balaban J connectivity index is 2.05. The Morgan fingerprint density at radius 1 is 0.905 bits per heavy atom. The van der Waals surface area contributed by atoms with Crippen LogP contribution in [0.5, 0.6) is 0 Å². The van der Waals surface area contributed by atoms with Gasteiger partial charge in [-0.05, 0) is 37.1 Å². The van der Waals surface area contributed by atoms with E-state index in [9.17, 15) is 9.59 Å². The van der Waals surface area contributed by atoms with Crippen LogP contribution >= 0.6 is 0 Å². The third kappa shape index (κ3) is 2.05. The molecule has 0 saturated carbocycles. The van der Waals surface area contributed by atoms with Gasteiger partial charge in [0.05, 0.1) is 0 Å². The molecule has 0 saturated heterocycles. The molecule has 106 valence electrons. The fourth-order valence-corrected chi connectivity index (χ4v) is 2.85. The summed E-state index contributed by atoms with van der Waals surface area (Å²) in [7, 11) is 0. The van der Waals surface area contributed by atoms with Gasteiger partial charge in [0.2, 0.25) is 0 Å². The molecule has 1 aliphatic carbocycles. The fraction of sp³-hybridized carbons (Fsp3) is 0.222. The average Bonchev–Trinajstić information content (AvgIpc) is 2.81. The van der Waals surface area contributed by atoms with Crippen LogP contribution in [0.1, 0.15) is 40.1 Å². The molecule has 0 radical (unpaired) electrons. The van der Waals surface area contributed by atoms with Crippen molar-refractivity contribution in [3.05, 3.63) is 59.2 Å². The SMILES string of the molecule is CCN(CC)C(=O)c1ccc2c(c1)C(=O)c1ccccc1-2. The largest absolute Gasteiger partial charge is 0.339 e. The van der Waals surface area contributed by atoms with Crippen molar-refractivity contribution >= 4 is 11.7 Å². The number of hydrogen-bond acceptors (Lipinski definition) is 2. The van der Waals surface area contributed by atoms with E-state index in [0.717, 1.165) is 16.7 Å². The van der Waals surface area contributed by atoms with Gasteiger partial charge in [0, 0.05) is 29.8 Å². The number of carbonyl (C=O) groups excluding carboxylic acids is 2. The Labute approximate surface area is 124 Å². The summed E-state index contributed by atoms with van der Waals surface area (Å²) in [6, 6.07) is 13.0. The molecule has 3 nitrogen and oxygen atoms in total. The summed E-state index contributed by atoms with van der Waals surface area (Å²) in [4.78, 5) is 26.6. The van der Waals surface area contributed by atoms with Crippen molar-refractivity contribution in [3.8, 4) is 11.1 Å². The standard InChI is InChI=1S/C18H17NO2/c1-3-19(4-2)18(21)12-9-10-14-13-7-5-6-8-15(13)17(20)16(14)11-12/h5-11H,3-4H2,1-2H3. The van der Waals surface area contributed by atoms with Crippen LogP contribution < -0.4 is 0 Å². The van der Waals surface area contributed by atoms with Gasteiger partial charge in [-0.2, -0.15) is 0 Å². The molecule has 1 amide bonds. The van der Waals surface area contributed by atoms with Crippen LogP contribution in [0.25, 0.3) is 11.1 Å². The third-order valence-electron chi connectivity index (χ3n) is 4.02. The van der Waals surface area contributed by atoms with Gasteiger partial charge < -0.3 is 4.90 Å². The fourth-order valence-electron chi connectivity index (χ4n) is 2.85. The van der Waals surface area contributed by atoms with Gasteiger partial charge in [0.1, 0.15) is 0 Å². The van der Waals surface area contributed by atoms with E-state index in [2.05, 4.69) is 0 Å². The van der Waals surface area contributed by atoms with E-state index in [1.54, 1.807) is 11.0 Å². The summed E-state index contributed by atoms with van der Waals surface area (Å²) in [6.07, 6.45) is 0. The minimum absolute atomic E-state index is 0.00907. The highest BCUT2D eigenvalue weighted by Crippen LogP contribution is 2.36. The minimum Gasteiger partial charge on any atom is -0.339 e. The zero-order valence-corrected chi connectivity index (χ0v) is 12.2. The quantitative estimate of drug-likeness (QED) is 0.737. The van der Waals surface area contributed by atoms with Crippen molar-refractivity contribution in [2.24, 2.45) is 0 Å². The van der Waals surface area contributed by atoms with Gasteiger partial charge in [-0.1, -0.05) is 30.3 Å². The van der Waals surface area contributed by atoms with E-state index in [4.69, 9.17) is 0 Å². The number of carbonyl (C=O) groups is 2. The summed E-state index contributed by atoms with van der Waals surface area (Å²) in [5.74, 6) is -0.0126. The number of benzene rings is 2. The van der Waals surface area contributed by atoms with Crippen LogP contribution in [0.4, 0.5) is 0 Å². The Bertz CT molecular complexity index is 730. The predicted octanol–water partition coefficient (Wildman–Crippen LogP) is 3.38. The first kappa shape index (κ1) is 13.6. The summed E-state index contributed by atoms with van der Waals surface area (Å²) in [6.45, 7) is 5.24. The van der Waals surface area contributed by atoms with Gasteiger partial charge in [0.25, 0.3) is 5.91 Å². The Morgan fingerprint density at radius 3 is 2.19 bits per heavy atom. The van der Waals surface area contributed by atoms with E-state index >= 15 is 0 Å². The summed E-state index contributed by atoms with van der Waals surface area (Å²) in [5.41, 5.74) is 3.82. The van der Waals surface area contributed by atoms with Gasteiger partial charge in [-0.25, -0.2) is 0 Å². The van der Waals surface area contributed by atoms with E-state index in [0.29, 0.717) is 24.2 Å². The van der Waals surface area contributed by atoms with Crippen LogP contribution in [-0.2, 0) is 0 Å². The maximum absolute atomic E-state index is 12.4. The van der Waals surface area contributed by atoms with Crippen LogP contribution in [0, 0.1) is 0 Å². The summed E-state index contributed by atoms with van der Waals surface area (Å²) in [5, 5.41) is 0. The molecule has 3 rings (SSSR count). The van der Waals surface area contributed by atoms with Crippen LogP contribution in [0.3, 0.4) is 0 Å². The Hall–Kier alpha value is -2.42. The lowest BCUT2D eigenvalue weighted by atomic mass is 10.0.